The molecule has 0 bridgehead atoms. The Labute approximate surface area is 248 Å². The summed E-state index contributed by atoms with van der Waals surface area (Å²) in [7, 11) is -4.59. The lowest BCUT2D eigenvalue weighted by Crippen LogP contribution is -2.58. The predicted octanol–water partition coefficient (Wildman–Crippen LogP) is 6.03. The van der Waals surface area contributed by atoms with Crippen LogP contribution >= 0.6 is 7.82 Å². The standard InChI is InChI=1S/C31H59O9P/c1-22(2)11-7-12-23(3)13-8-14-24(4)15-9-16-25(5)17-10-18-26(6)19-20-38-41(36,37)40-31-30(35)29(34)28(33)27(21-32)39-31/h13,15,22,25-35H,7-12,14,16-21H2,1-6H3,(H,36,37)/b23-13+,24-15-/t25?,26-,27+,28+,29-,30+,31-/m0/s1. The van der Waals surface area contributed by atoms with Crippen molar-refractivity contribution in [2.45, 2.75) is 143 Å². The van der Waals surface area contributed by atoms with E-state index in [9.17, 15) is 29.9 Å². The minimum Gasteiger partial charge on any atom is -0.394 e. The van der Waals surface area contributed by atoms with Crippen molar-refractivity contribution in [2.75, 3.05) is 13.2 Å². The molecule has 10 heteroatoms. The third kappa shape index (κ3) is 16.7. The van der Waals surface area contributed by atoms with Gasteiger partial charge in [-0.1, -0.05) is 76.7 Å². The Hall–Kier alpha value is -0.610. The first-order chi connectivity index (χ1) is 19.3. The number of hydrogen-bond acceptors (Lipinski definition) is 8. The minimum atomic E-state index is -4.59. The van der Waals surface area contributed by atoms with Crippen LogP contribution in [0, 0.1) is 17.8 Å². The molecule has 1 fully saturated rings. The molecule has 0 aromatic rings. The molecule has 1 rings (SSSR count). The van der Waals surface area contributed by atoms with Crippen LogP contribution in [-0.2, 0) is 18.3 Å². The van der Waals surface area contributed by atoms with Gasteiger partial charge in [0, 0.05) is 0 Å². The van der Waals surface area contributed by atoms with Gasteiger partial charge in [0.2, 0.25) is 0 Å². The van der Waals surface area contributed by atoms with Crippen molar-refractivity contribution in [3.8, 4) is 0 Å². The zero-order chi connectivity index (χ0) is 31.0. The summed E-state index contributed by atoms with van der Waals surface area (Å²) in [6.07, 6.45) is 8.86. The molecule has 41 heavy (non-hydrogen) atoms. The van der Waals surface area contributed by atoms with Crippen molar-refractivity contribution in [3.05, 3.63) is 23.3 Å². The monoisotopic (exact) mass is 606 g/mol. The number of aliphatic hydroxyl groups excluding tert-OH is 4. The van der Waals surface area contributed by atoms with E-state index < -0.39 is 45.1 Å². The van der Waals surface area contributed by atoms with Crippen LogP contribution in [0.15, 0.2) is 23.3 Å². The number of phosphoric acid groups is 1. The van der Waals surface area contributed by atoms with Crippen LogP contribution in [0.25, 0.3) is 0 Å². The highest BCUT2D eigenvalue weighted by Crippen LogP contribution is 2.46. The third-order valence-corrected chi connectivity index (χ3v) is 8.86. The normalized spacial score (nSPS) is 27.2. The first kappa shape index (κ1) is 38.4. The second-order valence-electron chi connectivity index (χ2n) is 12.5. The van der Waals surface area contributed by atoms with Crippen molar-refractivity contribution in [2.24, 2.45) is 17.8 Å². The van der Waals surface area contributed by atoms with Crippen LogP contribution in [0.5, 0.6) is 0 Å². The van der Waals surface area contributed by atoms with Crippen LogP contribution in [0.3, 0.4) is 0 Å². The molecule has 0 aromatic carbocycles. The zero-order valence-electron chi connectivity index (χ0n) is 26.3. The first-order valence-corrected chi connectivity index (χ1v) is 17.0. The molecule has 2 unspecified atom stereocenters. The molecular formula is C31H59O9P. The molecule has 1 saturated heterocycles. The minimum absolute atomic E-state index is 0.0152. The summed E-state index contributed by atoms with van der Waals surface area (Å²) in [6.45, 7) is 12.7. The number of aliphatic hydroxyl groups is 4. The molecule has 8 atom stereocenters. The van der Waals surface area contributed by atoms with E-state index in [4.69, 9.17) is 13.8 Å². The van der Waals surface area contributed by atoms with E-state index in [-0.39, 0.29) is 6.61 Å². The molecule has 0 amide bonds. The Morgan fingerprint density at radius 3 is 2.07 bits per heavy atom. The molecule has 242 valence electrons. The molecular weight excluding hydrogens is 547 g/mol. The van der Waals surface area contributed by atoms with E-state index in [0.717, 1.165) is 44.4 Å². The maximum Gasteiger partial charge on any atom is 0.474 e. The average molecular weight is 607 g/mol. The topological polar surface area (TPSA) is 146 Å². The van der Waals surface area contributed by atoms with Crippen LogP contribution in [-0.4, -0.2) is 69.2 Å². The highest BCUT2D eigenvalue weighted by Gasteiger charge is 2.46. The predicted molar refractivity (Wildman–Crippen MR) is 162 cm³/mol. The van der Waals surface area contributed by atoms with Gasteiger partial charge in [-0.15, -0.1) is 0 Å². The van der Waals surface area contributed by atoms with E-state index in [2.05, 4.69) is 53.7 Å². The summed E-state index contributed by atoms with van der Waals surface area (Å²) in [5.74, 6) is 1.71. The molecule has 9 nitrogen and oxygen atoms in total. The Morgan fingerprint density at radius 2 is 1.44 bits per heavy atom. The molecule has 0 aromatic heterocycles. The number of allylic oxidation sites excluding steroid dienone is 4. The lowest BCUT2D eigenvalue weighted by Gasteiger charge is -2.39. The van der Waals surface area contributed by atoms with Gasteiger partial charge in [0.25, 0.3) is 0 Å². The van der Waals surface area contributed by atoms with E-state index in [0.29, 0.717) is 18.3 Å². The van der Waals surface area contributed by atoms with Crippen molar-refractivity contribution < 1.29 is 43.7 Å². The van der Waals surface area contributed by atoms with E-state index >= 15 is 0 Å². The van der Waals surface area contributed by atoms with Crippen LogP contribution in [0.2, 0.25) is 0 Å². The van der Waals surface area contributed by atoms with Crippen LogP contribution < -0.4 is 0 Å². The van der Waals surface area contributed by atoms with Gasteiger partial charge in [-0.2, -0.15) is 0 Å². The van der Waals surface area contributed by atoms with Crippen molar-refractivity contribution >= 4 is 7.82 Å². The van der Waals surface area contributed by atoms with Gasteiger partial charge >= 0.3 is 7.82 Å². The molecule has 1 heterocycles. The number of ether oxygens (including phenoxy) is 1. The highest BCUT2D eigenvalue weighted by atomic mass is 31.2. The smallest absolute Gasteiger partial charge is 0.394 e. The fourth-order valence-corrected chi connectivity index (χ4v) is 5.78. The lowest BCUT2D eigenvalue weighted by atomic mass is 9.94. The van der Waals surface area contributed by atoms with E-state index in [1.54, 1.807) is 0 Å². The lowest BCUT2D eigenvalue weighted by molar-refractivity contribution is -0.281. The Morgan fingerprint density at radius 1 is 0.829 bits per heavy atom. The summed E-state index contributed by atoms with van der Waals surface area (Å²) in [5, 5.41) is 38.8. The fraction of sp³-hybridized carbons (Fsp3) is 0.871. The highest BCUT2D eigenvalue weighted by molar-refractivity contribution is 7.47. The van der Waals surface area contributed by atoms with Crippen molar-refractivity contribution in [1.82, 2.24) is 0 Å². The molecule has 1 aliphatic heterocycles. The number of phosphoric ester groups is 1. The second-order valence-corrected chi connectivity index (χ2v) is 13.9. The van der Waals surface area contributed by atoms with Gasteiger partial charge in [-0.05, 0) is 76.5 Å². The van der Waals surface area contributed by atoms with Gasteiger partial charge in [0.15, 0.2) is 6.29 Å². The maximum absolute atomic E-state index is 12.3. The van der Waals surface area contributed by atoms with Crippen molar-refractivity contribution in [1.29, 1.82) is 0 Å². The quantitative estimate of drug-likeness (QED) is 0.0780. The summed E-state index contributed by atoms with van der Waals surface area (Å²) < 4.78 is 27.3. The van der Waals surface area contributed by atoms with Gasteiger partial charge < -0.3 is 30.1 Å². The zero-order valence-corrected chi connectivity index (χ0v) is 27.2. The number of hydrogen-bond donors (Lipinski definition) is 5. The second kappa shape index (κ2) is 20.4. The molecule has 0 spiro atoms. The summed E-state index contributed by atoms with van der Waals surface area (Å²) in [4.78, 5) is 10.0. The van der Waals surface area contributed by atoms with Crippen LogP contribution in [0.4, 0.5) is 0 Å². The molecule has 5 N–H and O–H groups in total. The third-order valence-electron chi connectivity index (χ3n) is 7.88. The molecule has 0 radical (unpaired) electrons. The SMILES string of the molecule is C/C(=C/CCC(C)CCC[C@H](C)CCOP(=O)(O)O[C@@H]1O[C@H](CO)[C@@H](O)[C@H](O)[C@H]1O)CC/C=C(\C)CCCC(C)C. The summed E-state index contributed by atoms with van der Waals surface area (Å²) in [5.41, 5.74) is 2.98. The Kier molecular flexibility index (Phi) is 19.1. The Bertz CT molecular complexity index is 813. The van der Waals surface area contributed by atoms with Gasteiger partial charge in [-0.25, -0.2) is 4.57 Å². The number of rotatable bonds is 21. The Balaban J connectivity index is 2.21. The fourth-order valence-electron chi connectivity index (χ4n) is 4.94. The van der Waals surface area contributed by atoms with E-state index in [1.807, 2.05) is 0 Å². The summed E-state index contributed by atoms with van der Waals surface area (Å²) >= 11 is 0. The molecule has 0 saturated carbocycles. The van der Waals surface area contributed by atoms with Gasteiger partial charge in [0.1, 0.15) is 24.4 Å². The largest absolute Gasteiger partial charge is 0.474 e. The maximum atomic E-state index is 12.3. The van der Waals surface area contributed by atoms with Crippen molar-refractivity contribution in [3.63, 3.8) is 0 Å². The van der Waals surface area contributed by atoms with Gasteiger partial charge in [0.05, 0.1) is 13.2 Å². The molecule has 1 aliphatic rings. The average Bonchev–Trinajstić information content (AvgIpc) is 2.88. The van der Waals surface area contributed by atoms with Gasteiger partial charge in [-0.3, -0.25) is 9.05 Å². The van der Waals surface area contributed by atoms with Crippen LogP contribution in [0.1, 0.15) is 112 Å². The molecule has 0 aliphatic carbocycles. The summed E-state index contributed by atoms with van der Waals surface area (Å²) in [6, 6.07) is 0. The first-order valence-electron chi connectivity index (χ1n) is 15.5. The van der Waals surface area contributed by atoms with E-state index in [1.165, 1.54) is 36.8 Å².